The van der Waals surface area contributed by atoms with Gasteiger partial charge in [0.1, 0.15) is 18.0 Å². The minimum absolute atomic E-state index is 0.167. The molecule has 7 nitrogen and oxygen atoms in total. The minimum atomic E-state index is 0.167. The van der Waals surface area contributed by atoms with Gasteiger partial charge in [-0.05, 0) is 32.1 Å². The molecule has 134 valence electrons. The van der Waals surface area contributed by atoms with Crippen LogP contribution < -0.4 is 10.2 Å². The van der Waals surface area contributed by atoms with Crippen LogP contribution in [0.2, 0.25) is 0 Å². The first kappa shape index (κ1) is 17.4. The molecule has 0 radical (unpaired) electrons. The van der Waals surface area contributed by atoms with Crippen LogP contribution in [0.4, 0.5) is 11.6 Å². The van der Waals surface area contributed by atoms with Crippen LogP contribution in [0.25, 0.3) is 0 Å². The van der Waals surface area contributed by atoms with Crippen molar-refractivity contribution in [2.45, 2.75) is 38.3 Å². The second-order valence-electron chi connectivity index (χ2n) is 6.76. The van der Waals surface area contributed by atoms with E-state index in [2.05, 4.69) is 27.1 Å². The maximum atomic E-state index is 9.38. The van der Waals surface area contributed by atoms with E-state index in [1.807, 2.05) is 6.07 Å². The summed E-state index contributed by atoms with van der Waals surface area (Å²) in [6, 6.07) is 2.15. The highest BCUT2D eigenvalue weighted by Crippen LogP contribution is 2.22. The van der Waals surface area contributed by atoms with Crippen LogP contribution in [0.3, 0.4) is 0 Å². The monoisotopic (exact) mass is 336 g/mol. The zero-order valence-electron chi connectivity index (χ0n) is 14.4. The third kappa shape index (κ3) is 4.78. The average molecular weight is 336 g/mol. The fourth-order valence-corrected chi connectivity index (χ4v) is 3.24. The number of nitrogens with one attached hydrogen (secondary N) is 1. The molecule has 2 aliphatic heterocycles. The van der Waals surface area contributed by atoms with Crippen LogP contribution in [-0.2, 0) is 9.47 Å². The van der Waals surface area contributed by atoms with E-state index in [0.717, 1.165) is 50.6 Å². The molecule has 7 heteroatoms. The molecule has 2 N–H and O–H groups in total. The Kier molecular flexibility index (Phi) is 6.23. The molecule has 1 aromatic rings. The average Bonchev–Trinajstić information content (AvgIpc) is 3.14. The summed E-state index contributed by atoms with van der Waals surface area (Å²) < 4.78 is 11.2. The first-order valence-electron chi connectivity index (χ1n) is 8.88. The SMILES string of the molecule is CC(COC1CCOC1)Nc1cc(N2CCCC(CO)C2)ncn1. The van der Waals surface area contributed by atoms with Crippen molar-refractivity contribution in [1.82, 2.24) is 9.97 Å². The summed E-state index contributed by atoms with van der Waals surface area (Å²) in [6.07, 6.45) is 4.97. The fourth-order valence-electron chi connectivity index (χ4n) is 3.24. The maximum Gasteiger partial charge on any atom is 0.134 e. The molecule has 0 saturated carbocycles. The molecular weight excluding hydrogens is 308 g/mol. The van der Waals surface area contributed by atoms with Crippen LogP contribution in [-0.4, -0.2) is 66.7 Å². The Morgan fingerprint density at radius 2 is 2.38 bits per heavy atom. The van der Waals surface area contributed by atoms with Gasteiger partial charge in [0.15, 0.2) is 0 Å². The summed E-state index contributed by atoms with van der Waals surface area (Å²) in [5.41, 5.74) is 0. The number of anilines is 2. The van der Waals surface area contributed by atoms with E-state index in [9.17, 15) is 5.11 Å². The Hall–Kier alpha value is -1.44. The van der Waals surface area contributed by atoms with E-state index in [1.165, 1.54) is 0 Å². The van der Waals surface area contributed by atoms with E-state index < -0.39 is 0 Å². The second-order valence-corrected chi connectivity index (χ2v) is 6.76. The van der Waals surface area contributed by atoms with Gasteiger partial charge in [0, 0.05) is 38.4 Å². The number of ether oxygens (including phenoxy) is 2. The highest BCUT2D eigenvalue weighted by molar-refractivity contribution is 5.49. The van der Waals surface area contributed by atoms with Gasteiger partial charge in [-0.2, -0.15) is 0 Å². The van der Waals surface area contributed by atoms with Gasteiger partial charge < -0.3 is 24.8 Å². The Balaban J connectivity index is 1.52. The molecule has 0 aromatic carbocycles. The zero-order chi connectivity index (χ0) is 16.8. The lowest BCUT2D eigenvalue weighted by atomic mass is 9.99. The summed E-state index contributed by atoms with van der Waals surface area (Å²) in [4.78, 5) is 10.9. The topological polar surface area (TPSA) is 79.7 Å². The lowest BCUT2D eigenvalue weighted by Gasteiger charge is -2.32. The van der Waals surface area contributed by atoms with E-state index in [1.54, 1.807) is 6.33 Å². The van der Waals surface area contributed by atoms with Crippen LogP contribution in [0, 0.1) is 5.92 Å². The number of aliphatic hydroxyl groups excluding tert-OH is 1. The highest BCUT2D eigenvalue weighted by Gasteiger charge is 2.21. The van der Waals surface area contributed by atoms with Gasteiger partial charge in [-0.3, -0.25) is 0 Å². The third-order valence-electron chi connectivity index (χ3n) is 4.62. The Morgan fingerprint density at radius 1 is 1.46 bits per heavy atom. The summed E-state index contributed by atoms with van der Waals surface area (Å²) in [7, 11) is 0. The number of hydrogen-bond acceptors (Lipinski definition) is 7. The van der Waals surface area contributed by atoms with Crippen LogP contribution in [0.15, 0.2) is 12.4 Å². The largest absolute Gasteiger partial charge is 0.396 e. The number of nitrogens with zero attached hydrogens (tertiary/aromatic N) is 3. The summed E-state index contributed by atoms with van der Waals surface area (Å²) in [5, 5.41) is 12.8. The summed E-state index contributed by atoms with van der Waals surface area (Å²) in [6.45, 7) is 6.29. The van der Waals surface area contributed by atoms with Gasteiger partial charge in [0.05, 0.1) is 19.3 Å². The fraction of sp³-hybridized carbons (Fsp3) is 0.765. The van der Waals surface area contributed by atoms with Crippen molar-refractivity contribution in [3.05, 3.63) is 12.4 Å². The van der Waals surface area contributed by atoms with E-state index in [-0.39, 0.29) is 18.8 Å². The van der Waals surface area contributed by atoms with Crippen LogP contribution in [0.1, 0.15) is 26.2 Å². The number of aliphatic hydroxyl groups is 1. The first-order valence-corrected chi connectivity index (χ1v) is 8.88. The van der Waals surface area contributed by atoms with Crippen molar-refractivity contribution in [3.63, 3.8) is 0 Å². The van der Waals surface area contributed by atoms with Crippen molar-refractivity contribution in [3.8, 4) is 0 Å². The molecule has 1 aromatic heterocycles. The van der Waals surface area contributed by atoms with Crippen molar-refractivity contribution in [2.75, 3.05) is 49.7 Å². The Labute approximate surface area is 143 Å². The van der Waals surface area contributed by atoms with Crippen molar-refractivity contribution in [2.24, 2.45) is 5.92 Å². The summed E-state index contributed by atoms with van der Waals surface area (Å²) >= 11 is 0. The van der Waals surface area contributed by atoms with Gasteiger partial charge >= 0.3 is 0 Å². The molecule has 2 aliphatic rings. The molecule has 3 rings (SSSR count). The highest BCUT2D eigenvalue weighted by atomic mass is 16.5. The zero-order valence-corrected chi connectivity index (χ0v) is 14.4. The molecule has 3 unspecified atom stereocenters. The van der Waals surface area contributed by atoms with Crippen molar-refractivity contribution in [1.29, 1.82) is 0 Å². The molecule has 0 amide bonds. The smallest absolute Gasteiger partial charge is 0.134 e. The molecule has 2 saturated heterocycles. The Bertz CT molecular complexity index is 510. The molecular formula is C17H28N4O3. The predicted molar refractivity (Wildman–Crippen MR) is 92.3 cm³/mol. The molecule has 0 aliphatic carbocycles. The quantitative estimate of drug-likeness (QED) is 0.776. The first-order chi connectivity index (χ1) is 11.7. The number of aromatic nitrogens is 2. The van der Waals surface area contributed by atoms with Crippen molar-refractivity contribution >= 4 is 11.6 Å². The van der Waals surface area contributed by atoms with Crippen LogP contribution >= 0.6 is 0 Å². The standard InChI is InChI=1S/C17H28N4O3/c1-13(10-24-15-4-6-23-11-15)20-16-7-17(19-12-18-16)21-5-2-3-14(8-21)9-22/h7,12-15,22H,2-6,8-11H2,1H3,(H,18,19,20). The Morgan fingerprint density at radius 3 is 3.17 bits per heavy atom. The van der Waals surface area contributed by atoms with Gasteiger partial charge in [-0.1, -0.05) is 0 Å². The summed E-state index contributed by atoms with van der Waals surface area (Å²) in [5.74, 6) is 2.07. The second kappa shape index (κ2) is 8.60. The molecule has 0 bridgehead atoms. The molecule has 3 atom stereocenters. The number of hydrogen-bond donors (Lipinski definition) is 2. The maximum absolute atomic E-state index is 9.38. The van der Waals surface area contributed by atoms with E-state index in [4.69, 9.17) is 9.47 Å². The van der Waals surface area contributed by atoms with Gasteiger partial charge in [-0.25, -0.2) is 9.97 Å². The van der Waals surface area contributed by atoms with Crippen LogP contribution in [0.5, 0.6) is 0 Å². The lowest BCUT2D eigenvalue weighted by molar-refractivity contribution is 0.0395. The molecule has 24 heavy (non-hydrogen) atoms. The minimum Gasteiger partial charge on any atom is -0.396 e. The van der Waals surface area contributed by atoms with Gasteiger partial charge in [-0.15, -0.1) is 0 Å². The predicted octanol–water partition coefficient (Wildman–Crippen LogP) is 1.29. The molecule has 2 fully saturated rings. The normalized spacial score (nSPS) is 25.7. The lowest BCUT2D eigenvalue weighted by Crippen LogP contribution is -2.37. The van der Waals surface area contributed by atoms with Gasteiger partial charge in [0.25, 0.3) is 0 Å². The molecule has 3 heterocycles. The van der Waals surface area contributed by atoms with E-state index >= 15 is 0 Å². The van der Waals surface area contributed by atoms with E-state index in [0.29, 0.717) is 19.1 Å². The number of piperidine rings is 1. The third-order valence-corrected chi connectivity index (χ3v) is 4.62. The number of rotatable bonds is 7. The van der Waals surface area contributed by atoms with Crippen molar-refractivity contribution < 1.29 is 14.6 Å². The molecule has 0 spiro atoms. The van der Waals surface area contributed by atoms with Gasteiger partial charge in [0.2, 0.25) is 0 Å².